The molecule has 2 saturated carbocycles. The Balaban J connectivity index is 0.000000234. The number of nitrogens with zero attached hydrogens (tertiary/aromatic N) is 4. The number of carbonyl (C=O) groups is 10. The lowest BCUT2D eigenvalue weighted by molar-refractivity contribution is -0.170. The number of aliphatic hydroxyl groups excluding tert-OH is 1. The highest BCUT2D eigenvalue weighted by molar-refractivity contribution is 6.63. The molecular weight excluding hydrogens is 1290 g/mol. The summed E-state index contributed by atoms with van der Waals surface area (Å²) >= 11 is 4.94. The fraction of sp³-hybridized carbons (Fsp3) is 0.568. The summed E-state index contributed by atoms with van der Waals surface area (Å²) in [7, 11) is 0. The number of rotatable bonds is 7. The van der Waals surface area contributed by atoms with Crippen LogP contribution in [-0.4, -0.2) is 145 Å². The maximum atomic E-state index is 14.2. The molecule has 0 radical (unpaired) electrons. The van der Waals surface area contributed by atoms with Crippen molar-refractivity contribution in [3.05, 3.63) is 95.3 Å². The van der Waals surface area contributed by atoms with Crippen molar-refractivity contribution in [3.8, 4) is 0 Å². The number of aromatic nitrogens is 2. The average Bonchev–Trinajstić information content (AvgIpc) is 1.25. The molecule has 2 aromatic heterocycles. The number of aliphatic hydroxyl groups is 1. The number of halogens is 1. The topological polar surface area (TPSA) is 323 Å². The molecule has 4 fully saturated rings. The molecule has 6 amide bonds. The Kier molecular flexibility index (Phi) is 26.9. The lowest BCUT2D eigenvalue weighted by Gasteiger charge is -2.37. The second-order valence-electron chi connectivity index (χ2n) is 27.8. The number of benzene rings is 2. The molecule has 2 spiro atoms. The minimum Gasteiger partial charge on any atom is -0.462 e. The Morgan fingerprint density at radius 1 is 0.566 bits per heavy atom. The highest BCUT2D eigenvalue weighted by Gasteiger charge is 2.46. The van der Waals surface area contributed by atoms with E-state index in [4.69, 9.17) is 35.8 Å². The van der Waals surface area contributed by atoms with Crippen LogP contribution in [0.5, 0.6) is 0 Å². The van der Waals surface area contributed by atoms with Gasteiger partial charge in [-0.1, -0.05) is 102 Å². The quantitative estimate of drug-likeness (QED) is 0.0516. The number of carbonyl (C=O) groups excluding carboxylic acids is 10. The molecule has 536 valence electrons. The van der Waals surface area contributed by atoms with Gasteiger partial charge in [0, 0.05) is 36.7 Å². The van der Waals surface area contributed by atoms with Gasteiger partial charge in [0.25, 0.3) is 23.6 Å². The average molecular weight is 1390 g/mol. The van der Waals surface area contributed by atoms with E-state index in [0.717, 1.165) is 39.4 Å². The van der Waals surface area contributed by atoms with Gasteiger partial charge in [0.2, 0.25) is 17.1 Å². The number of cyclic esters (lactones) is 2. The zero-order chi connectivity index (χ0) is 71.9. The summed E-state index contributed by atoms with van der Waals surface area (Å²) in [6.45, 7) is 18.6. The minimum atomic E-state index is -1.15. The predicted molar refractivity (Wildman–Crippen MR) is 373 cm³/mol. The molecule has 10 rings (SSSR count). The molecule has 4 aromatic rings. The fourth-order valence-corrected chi connectivity index (χ4v) is 13.2. The highest BCUT2D eigenvalue weighted by atomic mass is 35.5. The van der Waals surface area contributed by atoms with E-state index in [1.54, 1.807) is 41.5 Å². The Labute approximate surface area is 584 Å². The van der Waals surface area contributed by atoms with Crippen LogP contribution in [0.4, 0.5) is 0 Å². The van der Waals surface area contributed by atoms with Crippen LogP contribution in [0.3, 0.4) is 0 Å². The van der Waals surface area contributed by atoms with Gasteiger partial charge >= 0.3 is 17.9 Å². The Morgan fingerprint density at radius 2 is 0.960 bits per heavy atom. The zero-order valence-electron chi connectivity index (χ0n) is 58.7. The molecule has 2 aromatic carbocycles. The SMILES string of the molecule is CC(C)[C@@H]1OC(=O)C2(/C=C/c3ccc4ccc(nc4c3)[C@@H](C)NC(=O)C3CCCN(N3)C(=O)[C@H](C)NC1=O)CCC(O)CC2.CCCC(=O)Cl.CCCC(=O)OC1CCC2(/C=C/c3ccc4ccc(nc4c3)[C@@H](C)NC(=O)C3CCCN(N3)C(=O)[C@H](C)NC(=O)[C@H](C(C)C)OC2=O)CC1. The van der Waals surface area contributed by atoms with Crippen molar-refractivity contribution in [2.75, 3.05) is 13.1 Å². The monoisotopic (exact) mass is 1390 g/mol. The number of amides is 6. The van der Waals surface area contributed by atoms with Gasteiger partial charge in [-0.25, -0.2) is 10.9 Å². The molecule has 4 aliphatic heterocycles. The van der Waals surface area contributed by atoms with Crippen LogP contribution in [0.2, 0.25) is 0 Å². The Bertz CT molecular complexity index is 3660. The molecule has 8 atom stereocenters. The van der Waals surface area contributed by atoms with E-state index in [9.17, 15) is 53.1 Å². The first-order valence-corrected chi connectivity index (χ1v) is 35.5. The maximum absolute atomic E-state index is 14.2. The predicted octanol–water partition coefficient (Wildman–Crippen LogP) is 8.76. The summed E-state index contributed by atoms with van der Waals surface area (Å²) in [5, 5.41) is 26.1. The van der Waals surface area contributed by atoms with E-state index >= 15 is 0 Å². The lowest BCUT2D eigenvalue weighted by Crippen LogP contribution is -2.61. The Morgan fingerprint density at radius 3 is 1.34 bits per heavy atom. The molecule has 2 aliphatic carbocycles. The van der Waals surface area contributed by atoms with Crippen LogP contribution in [0.1, 0.15) is 207 Å². The van der Waals surface area contributed by atoms with Gasteiger partial charge in [-0.05, 0) is 176 Å². The lowest BCUT2D eigenvalue weighted by atomic mass is 9.72. The molecule has 24 nitrogen and oxygen atoms in total. The van der Waals surface area contributed by atoms with Gasteiger partial charge in [-0.15, -0.1) is 0 Å². The summed E-state index contributed by atoms with van der Waals surface area (Å²) in [5.41, 5.74) is 8.47. The largest absolute Gasteiger partial charge is 0.462 e. The zero-order valence-corrected chi connectivity index (χ0v) is 59.4. The van der Waals surface area contributed by atoms with E-state index < -0.39 is 94.9 Å². The fourth-order valence-electron chi connectivity index (χ4n) is 13.0. The smallest absolute Gasteiger partial charge is 0.316 e. The number of pyridine rings is 2. The van der Waals surface area contributed by atoms with E-state index in [-0.39, 0.29) is 47.0 Å². The van der Waals surface area contributed by atoms with Gasteiger partial charge in [-0.2, -0.15) is 0 Å². The van der Waals surface area contributed by atoms with Crippen molar-refractivity contribution in [3.63, 3.8) is 0 Å². The molecule has 99 heavy (non-hydrogen) atoms. The molecule has 6 heterocycles. The Hall–Kier alpha value is -8.19. The van der Waals surface area contributed by atoms with Gasteiger partial charge in [0.05, 0.1) is 51.4 Å². The summed E-state index contributed by atoms with van der Waals surface area (Å²) in [4.78, 5) is 140. The van der Waals surface area contributed by atoms with Gasteiger partial charge in [0.15, 0.2) is 12.2 Å². The number of hydrogen-bond donors (Lipinski definition) is 7. The van der Waals surface area contributed by atoms with Crippen molar-refractivity contribution >= 4 is 104 Å². The van der Waals surface area contributed by atoms with Crippen LogP contribution in [-0.2, 0) is 62.2 Å². The first-order chi connectivity index (χ1) is 47.1. The van der Waals surface area contributed by atoms with E-state index in [1.165, 1.54) is 10.0 Å². The summed E-state index contributed by atoms with van der Waals surface area (Å²) in [5.74, 6) is -4.49. The first-order valence-electron chi connectivity index (χ1n) is 35.2. The molecule has 10 bridgehead atoms. The molecule has 7 N–H and O–H groups in total. The molecule has 2 unspecified atom stereocenters. The van der Waals surface area contributed by atoms with Crippen molar-refractivity contribution in [2.24, 2.45) is 22.7 Å². The van der Waals surface area contributed by atoms with Crippen LogP contribution in [0, 0.1) is 22.7 Å². The maximum Gasteiger partial charge on any atom is 0.316 e. The van der Waals surface area contributed by atoms with Crippen LogP contribution >= 0.6 is 11.6 Å². The third-order valence-corrected chi connectivity index (χ3v) is 19.3. The van der Waals surface area contributed by atoms with E-state index in [1.807, 2.05) is 113 Å². The summed E-state index contributed by atoms with van der Waals surface area (Å²) < 4.78 is 17.6. The second kappa shape index (κ2) is 34.7. The standard InChI is InChI=1S/C37H49N5O7.C33H43N5O6.C4H7ClO/c1-6-8-31(43)48-27-15-18-37(19-16-27)17-14-25-10-11-26-12-13-28(40-30(26)21-25)23(4)38-33(44)29-9-7-20-42(41-29)35(46)24(5)39-34(45)32(22(2)3)49-36(37)47;1-19(2)28-30(41)35-21(4)31(42)38-17-5-6-26(37-38)29(40)34-20(3)25-10-9-23-8-7-22(18-27(23)36-25)11-14-33(32(43)44-28)15-12-24(39)13-16-33;1-2-3-4(5)6/h10-14,17,21-24,27,29,32,41H,6-9,15-16,18-20H2,1-5H3,(H,38,44)(H,39,45);7-11,14,18-21,24,26,28,37,39H,5-6,12-13,15-17H2,1-4H3,(H,34,40)(H,35,41);2-3H2,1H3/b17-14+;14-11+;/t23-,24+,27?,29?,32+,37?;20-,21+,24?,26?,28+,33?;/m11./s1. The van der Waals surface area contributed by atoms with Crippen molar-refractivity contribution in [1.82, 2.24) is 52.1 Å². The highest BCUT2D eigenvalue weighted by Crippen LogP contribution is 2.43. The number of nitrogens with one attached hydrogen (secondary N) is 6. The van der Waals surface area contributed by atoms with Gasteiger partial charge < -0.3 is 40.6 Å². The summed E-state index contributed by atoms with van der Waals surface area (Å²) in [6.07, 6.45) is 12.3. The number of hydrazine groups is 2. The second-order valence-corrected chi connectivity index (χ2v) is 28.2. The number of esters is 3. The number of ether oxygens (including phenoxy) is 3. The molecule has 2 saturated heterocycles. The molecular formula is C74H99ClN10O14. The number of fused-ring (bicyclic) bond motifs is 8. The van der Waals surface area contributed by atoms with Crippen LogP contribution in [0.15, 0.2) is 72.8 Å². The third kappa shape index (κ3) is 20.1. The minimum absolute atomic E-state index is 0.238. The van der Waals surface area contributed by atoms with E-state index in [0.29, 0.717) is 121 Å². The van der Waals surface area contributed by atoms with Crippen molar-refractivity contribution < 1.29 is 67.3 Å². The molecule has 25 heteroatoms. The first kappa shape index (κ1) is 76.6. The van der Waals surface area contributed by atoms with Crippen LogP contribution < -0.4 is 32.1 Å². The van der Waals surface area contributed by atoms with E-state index in [2.05, 4.69) is 32.1 Å². The van der Waals surface area contributed by atoms with Gasteiger partial charge in [-0.3, -0.25) is 67.9 Å². The van der Waals surface area contributed by atoms with Gasteiger partial charge in [0.1, 0.15) is 30.3 Å². The number of hydrogen-bond acceptors (Lipinski definition) is 18. The van der Waals surface area contributed by atoms with Crippen molar-refractivity contribution in [2.45, 2.75) is 233 Å². The van der Waals surface area contributed by atoms with Crippen LogP contribution in [0.25, 0.3) is 34.0 Å². The normalized spacial score (nSPS) is 29.0. The third-order valence-electron chi connectivity index (χ3n) is 19.1. The molecule has 6 aliphatic rings. The summed E-state index contributed by atoms with van der Waals surface area (Å²) in [6, 6.07) is 15.4. The van der Waals surface area contributed by atoms with Crippen molar-refractivity contribution in [1.29, 1.82) is 0 Å².